The Balaban J connectivity index is 2.48. The highest BCUT2D eigenvalue weighted by molar-refractivity contribution is 9.12. The van der Waals surface area contributed by atoms with E-state index in [0.717, 1.165) is 18.7 Å². The van der Waals surface area contributed by atoms with Gasteiger partial charge in [0.05, 0.1) is 19.5 Å². The molecule has 6 heteroatoms. The minimum atomic E-state index is -0.277. The van der Waals surface area contributed by atoms with Gasteiger partial charge in [-0.3, -0.25) is 0 Å². The van der Waals surface area contributed by atoms with E-state index in [0.29, 0.717) is 5.75 Å². The Morgan fingerprint density at radius 3 is 2.50 bits per heavy atom. The maximum Gasteiger partial charge on any atom is 0.123 e. The smallest absolute Gasteiger partial charge is 0.123 e. The summed E-state index contributed by atoms with van der Waals surface area (Å²) in [5, 5.41) is 0. The van der Waals surface area contributed by atoms with E-state index in [9.17, 15) is 4.39 Å². The van der Waals surface area contributed by atoms with Crippen LogP contribution in [0.1, 0.15) is 16.0 Å². The maximum atomic E-state index is 13.4. The number of methoxy groups -OCH3 is 1. The van der Waals surface area contributed by atoms with Gasteiger partial charge in [-0.1, -0.05) is 15.9 Å². The highest BCUT2D eigenvalue weighted by Gasteiger charge is 2.20. The van der Waals surface area contributed by atoms with E-state index in [1.165, 1.54) is 12.1 Å². The first-order valence-electron chi connectivity index (χ1n) is 4.95. The molecule has 18 heavy (non-hydrogen) atoms. The predicted molar refractivity (Wildman–Crippen MR) is 83.4 cm³/mol. The van der Waals surface area contributed by atoms with E-state index in [1.54, 1.807) is 24.5 Å². The van der Waals surface area contributed by atoms with E-state index in [4.69, 9.17) is 4.74 Å². The van der Waals surface area contributed by atoms with Gasteiger partial charge >= 0.3 is 0 Å². The van der Waals surface area contributed by atoms with Crippen molar-refractivity contribution in [1.82, 2.24) is 0 Å². The maximum absolute atomic E-state index is 13.4. The quantitative estimate of drug-likeness (QED) is 0.520. The molecule has 1 nitrogen and oxygen atoms in total. The molecule has 1 aromatic carbocycles. The van der Waals surface area contributed by atoms with Crippen LogP contribution in [0.15, 0.2) is 31.8 Å². The number of halogens is 4. The summed E-state index contributed by atoms with van der Waals surface area (Å²) in [4.78, 5) is -0.125. The topological polar surface area (TPSA) is 9.23 Å². The summed E-state index contributed by atoms with van der Waals surface area (Å²) in [7, 11) is 1.58. The Hall–Kier alpha value is 0.0900. The van der Waals surface area contributed by atoms with Gasteiger partial charge < -0.3 is 4.74 Å². The van der Waals surface area contributed by atoms with Crippen molar-refractivity contribution in [2.45, 2.75) is 4.83 Å². The summed E-state index contributed by atoms with van der Waals surface area (Å²) in [5.74, 6) is 0.383. The summed E-state index contributed by atoms with van der Waals surface area (Å²) in [6.07, 6.45) is 0. The number of thiophene rings is 1. The fraction of sp³-hybridized carbons (Fsp3) is 0.167. The summed E-state index contributed by atoms with van der Waals surface area (Å²) < 4.78 is 20.7. The third-order valence-corrected chi connectivity index (χ3v) is 5.79. The second-order valence-electron chi connectivity index (χ2n) is 3.53. The van der Waals surface area contributed by atoms with Crippen LogP contribution < -0.4 is 4.74 Å². The van der Waals surface area contributed by atoms with Gasteiger partial charge in [0.2, 0.25) is 0 Å². The minimum Gasteiger partial charge on any atom is -0.496 e. The summed E-state index contributed by atoms with van der Waals surface area (Å²) in [6.45, 7) is 0. The molecule has 96 valence electrons. The number of hydrogen-bond acceptors (Lipinski definition) is 2. The molecular weight excluding hydrogens is 451 g/mol. The minimum absolute atomic E-state index is 0.125. The van der Waals surface area contributed by atoms with Crippen molar-refractivity contribution in [1.29, 1.82) is 0 Å². The lowest BCUT2D eigenvalue weighted by molar-refractivity contribution is 0.409. The van der Waals surface area contributed by atoms with E-state index in [1.807, 2.05) is 6.07 Å². The second-order valence-corrected chi connectivity index (χ2v) is 8.19. The molecule has 0 bridgehead atoms. The summed E-state index contributed by atoms with van der Waals surface area (Å²) >= 11 is 12.1. The van der Waals surface area contributed by atoms with Crippen LogP contribution in [0.5, 0.6) is 5.75 Å². The Morgan fingerprint density at radius 1 is 1.22 bits per heavy atom. The van der Waals surface area contributed by atoms with Crippen molar-refractivity contribution in [2.24, 2.45) is 0 Å². The van der Waals surface area contributed by atoms with Crippen molar-refractivity contribution < 1.29 is 9.13 Å². The normalized spacial score (nSPS) is 12.5. The van der Waals surface area contributed by atoms with Gasteiger partial charge in [0, 0.05) is 5.56 Å². The van der Waals surface area contributed by atoms with Crippen LogP contribution in [0.3, 0.4) is 0 Å². The van der Waals surface area contributed by atoms with Gasteiger partial charge in [-0.05, 0) is 61.7 Å². The van der Waals surface area contributed by atoms with E-state index in [-0.39, 0.29) is 10.6 Å². The molecule has 1 aromatic heterocycles. The predicted octanol–water partition coefficient (Wildman–Crippen LogP) is 5.91. The van der Waals surface area contributed by atoms with Gasteiger partial charge in [-0.25, -0.2) is 4.39 Å². The average Bonchev–Trinajstić information content (AvgIpc) is 2.67. The molecule has 0 radical (unpaired) electrons. The molecule has 2 aromatic rings. The average molecular weight is 459 g/mol. The third kappa shape index (κ3) is 2.98. The molecule has 0 aliphatic carbocycles. The van der Waals surface area contributed by atoms with Crippen molar-refractivity contribution in [3.8, 4) is 5.75 Å². The molecule has 0 saturated carbocycles. The summed E-state index contributed by atoms with van der Waals surface area (Å²) in [5.41, 5.74) is 1.80. The van der Waals surface area contributed by atoms with Crippen LogP contribution >= 0.6 is 59.1 Å². The lowest BCUT2D eigenvalue weighted by Crippen LogP contribution is -1.97. The number of benzene rings is 1. The van der Waals surface area contributed by atoms with Gasteiger partial charge in [0.25, 0.3) is 0 Å². The first-order valence-corrected chi connectivity index (χ1v) is 8.27. The van der Waals surface area contributed by atoms with Crippen LogP contribution in [0.4, 0.5) is 4.39 Å². The fourth-order valence-corrected chi connectivity index (χ4v) is 5.68. The first-order chi connectivity index (χ1) is 8.52. The Bertz CT molecular complexity index is 570. The molecule has 0 N–H and O–H groups in total. The largest absolute Gasteiger partial charge is 0.496 e. The number of alkyl halides is 1. The Morgan fingerprint density at radius 2 is 1.94 bits per heavy atom. The Labute approximate surface area is 134 Å². The van der Waals surface area contributed by atoms with Crippen LogP contribution in [0.25, 0.3) is 0 Å². The molecule has 2 rings (SSSR count). The van der Waals surface area contributed by atoms with Gasteiger partial charge in [0.15, 0.2) is 0 Å². The summed E-state index contributed by atoms with van der Waals surface area (Å²) in [6, 6.07) is 6.50. The monoisotopic (exact) mass is 456 g/mol. The van der Waals surface area contributed by atoms with Gasteiger partial charge in [0.1, 0.15) is 11.6 Å². The van der Waals surface area contributed by atoms with Gasteiger partial charge in [-0.15, -0.1) is 11.3 Å². The van der Waals surface area contributed by atoms with Crippen LogP contribution in [0, 0.1) is 5.82 Å². The molecule has 0 amide bonds. The standard InChI is InChI=1S/C12H8Br3FOS/c1-17-9-3-2-6(16)4-7(9)11(14)8-5-10(13)18-12(8)15/h2-5,11H,1H3. The lowest BCUT2D eigenvalue weighted by atomic mass is 10.1. The molecule has 1 unspecified atom stereocenters. The molecule has 0 spiro atoms. The van der Waals surface area contributed by atoms with Gasteiger partial charge in [-0.2, -0.15) is 0 Å². The van der Waals surface area contributed by atoms with Crippen molar-refractivity contribution in [3.05, 3.63) is 48.8 Å². The highest BCUT2D eigenvalue weighted by atomic mass is 79.9. The number of rotatable bonds is 3. The fourth-order valence-electron chi connectivity index (χ4n) is 1.60. The van der Waals surface area contributed by atoms with E-state index < -0.39 is 0 Å². The van der Waals surface area contributed by atoms with E-state index >= 15 is 0 Å². The molecule has 1 atom stereocenters. The molecular formula is C12H8Br3FOS. The second kappa shape index (κ2) is 6.03. The highest BCUT2D eigenvalue weighted by Crippen LogP contribution is 2.44. The van der Waals surface area contributed by atoms with Crippen molar-refractivity contribution in [2.75, 3.05) is 7.11 Å². The zero-order chi connectivity index (χ0) is 13.3. The molecule has 0 aliphatic rings. The molecule has 1 heterocycles. The molecule has 0 fully saturated rings. The number of hydrogen-bond donors (Lipinski definition) is 0. The lowest BCUT2D eigenvalue weighted by Gasteiger charge is -2.14. The van der Waals surface area contributed by atoms with Crippen LogP contribution in [-0.2, 0) is 0 Å². The van der Waals surface area contributed by atoms with E-state index in [2.05, 4.69) is 47.8 Å². The van der Waals surface area contributed by atoms with Crippen LogP contribution in [0.2, 0.25) is 0 Å². The zero-order valence-corrected chi connectivity index (χ0v) is 14.8. The number of ether oxygens (including phenoxy) is 1. The zero-order valence-electron chi connectivity index (χ0n) is 9.22. The Kier molecular flexibility index (Phi) is 4.86. The first kappa shape index (κ1) is 14.5. The third-order valence-electron chi connectivity index (χ3n) is 2.42. The molecule has 0 aliphatic heterocycles. The van der Waals surface area contributed by atoms with Crippen molar-refractivity contribution in [3.63, 3.8) is 0 Å². The SMILES string of the molecule is COc1ccc(F)cc1C(Br)c1cc(Br)sc1Br. The van der Waals surface area contributed by atoms with Crippen molar-refractivity contribution >= 4 is 59.1 Å². The van der Waals surface area contributed by atoms with Crippen LogP contribution in [-0.4, -0.2) is 7.11 Å². The molecule has 0 saturated heterocycles.